The molecule has 19 heavy (non-hydrogen) atoms. The highest BCUT2D eigenvalue weighted by atomic mass is 16.5. The fourth-order valence-corrected chi connectivity index (χ4v) is 2.79. The molecule has 0 saturated carbocycles. The normalized spacial score (nSPS) is 21.2. The van der Waals surface area contributed by atoms with Crippen molar-refractivity contribution in [3.8, 4) is 0 Å². The van der Waals surface area contributed by atoms with Crippen LogP contribution in [0.1, 0.15) is 52.9 Å². The summed E-state index contributed by atoms with van der Waals surface area (Å²) in [7, 11) is 0. The van der Waals surface area contributed by atoms with Crippen LogP contribution in [0.5, 0.6) is 0 Å². The molecular formula is C15H30N2O2. The molecule has 1 saturated heterocycles. The lowest BCUT2D eigenvalue weighted by molar-refractivity contribution is -0.151. The Morgan fingerprint density at radius 2 is 1.74 bits per heavy atom. The van der Waals surface area contributed by atoms with Crippen molar-refractivity contribution >= 4 is 5.97 Å². The first-order valence-electron chi connectivity index (χ1n) is 7.77. The Hall–Kier alpha value is -0.610. The number of carbonyl (C=O) groups excluding carboxylic acids is 1. The monoisotopic (exact) mass is 270 g/mol. The zero-order valence-electron chi connectivity index (χ0n) is 12.8. The van der Waals surface area contributed by atoms with Gasteiger partial charge in [-0.25, -0.2) is 0 Å². The SMILES string of the molecule is CCNC(C)(CN1CCCCCCC1)C(=O)OCC. The number of ether oxygens (including phenoxy) is 1. The van der Waals surface area contributed by atoms with E-state index in [0.29, 0.717) is 6.61 Å². The summed E-state index contributed by atoms with van der Waals surface area (Å²) >= 11 is 0. The van der Waals surface area contributed by atoms with Crippen LogP contribution in [-0.4, -0.2) is 49.2 Å². The highest BCUT2D eigenvalue weighted by Crippen LogP contribution is 2.15. The molecule has 1 rings (SSSR count). The van der Waals surface area contributed by atoms with E-state index < -0.39 is 5.54 Å². The number of carbonyl (C=O) groups is 1. The highest BCUT2D eigenvalue weighted by Gasteiger charge is 2.35. The minimum Gasteiger partial charge on any atom is -0.465 e. The van der Waals surface area contributed by atoms with E-state index >= 15 is 0 Å². The van der Waals surface area contributed by atoms with E-state index in [9.17, 15) is 4.79 Å². The van der Waals surface area contributed by atoms with Gasteiger partial charge in [0, 0.05) is 6.54 Å². The van der Waals surface area contributed by atoms with Crippen LogP contribution in [0.4, 0.5) is 0 Å². The molecule has 112 valence electrons. The van der Waals surface area contributed by atoms with E-state index in [2.05, 4.69) is 10.2 Å². The van der Waals surface area contributed by atoms with Gasteiger partial charge in [-0.3, -0.25) is 4.79 Å². The Morgan fingerprint density at radius 3 is 2.26 bits per heavy atom. The van der Waals surface area contributed by atoms with Gasteiger partial charge in [0.2, 0.25) is 0 Å². The third-order valence-corrected chi connectivity index (χ3v) is 3.78. The molecule has 1 aliphatic rings. The van der Waals surface area contributed by atoms with E-state index in [1.165, 1.54) is 32.1 Å². The molecule has 0 radical (unpaired) electrons. The van der Waals surface area contributed by atoms with Crippen LogP contribution in [0.15, 0.2) is 0 Å². The van der Waals surface area contributed by atoms with Gasteiger partial charge in [0.1, 0.15) is 5.54 Å². The van der Waals surface area contributed by atoms with Gasteiger partial charge >= 0.3 is 5.97 Å². The summed E-state index contributed by atoms with van der Waals surface area (Å²) in [4.78, 5) is 14.6. The van der Waals surface area contributed by atoms with Crippen molar-refractivity contribution in [3.05, 3.63) is 0 Å². The summed E-state index contributed by atoms with van der Waals surface area (Å²) in [5, 5.41) is 3.31. The number of hydrogen-bond donors (Lipinski definition) is 1. The van der Waals surface area contributed by atoms with Crippen molar-refractivity contribution in [2.75, 3.05) is 32.8 Å². The molecule has 1 heterocycles. The second kappa shape index (κ2) is 8.54. The zero-order valence-corrected chi connectivity index (χ0v) is 12.8. The molecular weight excluding hydrogens is 240 g/mol. The molecule has 0 aromatic rings. The Morgan fingerprint density at radius 1 is 1.16 bits per heavy atom. The first kappa shape index (κ1) is 16.4. The number of esters is 1. The molecule has 4 heteroatoms. The Balaban J connectivity index is 2.61. The van der Waals surface area contributed by atoms with Gasteiger partial charge in [0.05, 0.1) is 6.61 Å². The second-order valence-corrected chi connectivity index (χ2v) is 5.63. The van der Waals surface area contributed by atoms with Gasteiger partial charge in [-0.2, -0.15) is 0 Å². The molecule has 0 spiro atoms. The Bertz CT molecular complexity index is 263. The Labute approximate surface area is 117 Å². The molecule has 0 aromatic heterocycles. The topological polar surface area (TPSA) is 41.6 Å². The summed E-state index contributed by atoms with van der Waals surface area (Å²) in [6.07, 6.45) is 6.47. The lowest BCUT2D eigenvalue weighted by Gasteiger charge is -2.35. The average molecular weight is 270 g/mol. The molecule has 1 fully saturated rings. The molecule has 1 N–H and O–H groups in total. The summed E-state index contributed by atoms with van der Waals surface area (Å²) in [5.74, 6) is -0.126. The zero-order chi connectivity index (χ0) is 14.1. The Kier molecular flexibility index (Phi) is 7.39. The smallest absolute Gasteiger partial charge is 0.327 e. The van der Waals surface area contributed by atoms with Gasteiger partial charge < -0.3 is 15.0 Å². The fourth-order valence-electron chi connectivity index (χ4n) is 2.79. The molecule has 4 nitrogen and oxygen atoms in total. The number of rotatable bonds is 6. The average Bonchev–Trinajstić information content (AvgIpc) is 2.33. The van der Waals surface area contributed by atoms with E-state index in [1.54, 1.807) is 0 Å². The fraction of sp³-hybridized carbons (Fsp3) is 0.933. The van der Waals surface area contributed by atoms with Gasteiger partial charge in [-0.1, -0.05) is 26.2 Å². The number of nitrogens with zero attached hydrogens (tertiary/aromatic N) is 1. The quantitative estimate of drug-likeness (QED) is 0.751. The van der Waals surface area contributed by atoms with Gasteiger partial charge in [0.15, 0.2) is 0 Å². The van der Waals surface area contributed by atoms with Gasteiger partial charge in [0.25, 0.3) is 0 Å². The number of nitrogens with one attached hydrogen (secondary N) is 1. The van der Waals surface area contributed by atoms with E-state index in [4.69, 9.17) is 4.74 Å². The second-order valence-electron chi connectivity index (χ2n) is 5.63. The van der Waals surface area contributed by atoms with Crippen molar-refractivity contribution in [1.29, 1.82) is 0 Å². The van der Waals surface area contributed by atoms with Crippen LogP contribution in [0.2, 0.25) is 0 Å². The molecule has 0 amide bonds. The predicted octanol–water partition coefficient (Wildman–Crippen LogP) is 2.18. The lowest BCUT2D eigenvalue weighted by Crippen LogP contribution is -2.57. The van der Waals surface area contributed by atoms with Gasteiger partial charge in [-0.05, 0) is 46.3 Å². The van der Waals surface area contributed by atoms with Crippen molar-refractivity contribution in [1.82, 2.24) is 10.2 Å². The van der Waals surface area contributed by atoms with E-state index in [-0.39, 0.29) is 5.97 Å². The van der Waals surface area contributed by atoms with Crippen molar-refractivity contribution in [2.45, 2.75) is 58.4 Å². The third kappa shape index (κ3) is 5.49. The van der Waals surface area contributed by atoms with Crippen LogP contribution in [-0.2, 0) is 9.53 Å². The summed E-state index contributed by atoms with van der Waals surface area (Å²) in [6.45, 7) is 10.0. The lowest BCUT2D eigenvalue weighted by atomic mass is 10.00. The van der Waals surface area contributed by atoms with Crippen molar-refractivity contribution in [3.63, 3.8) is 0 Å². The van der Waals surface area contributed by atoms with E-state index in [1.807, 2.05) is 20.8 Å². The predicted molar refractivity (Wildman–Crippen MR) is 78.2 cm³/mol. The molecule has 1 atom stereocenters. The maximum atomic E-state index is 12.2. The van der Waals surface area contributed by atoms with Crippen molar-refractivity contribution < 1.29 is 9.53 Å². The third-order valence-electron chi connectivity index (χ3n) is 3.78. The highest BCUT2D eigenvalue weighted by molar-refractivity contribution is 5.80. The minimum atomic E-state index is -0.579. The van der Waals surface area contributed by atoms with Gasteiger partial charge in [-0.15, -0.1) is 0 Å². The van der Waals surface area contributed by atoms with Crippen LogP contribution >= 0.6 is 0 Å². The number of hydrogen-bond acceptors (Lipinski definition) is 4. The minimum absolute atomic E-state index is 0.126. The summed E-state index contributed by atoms with van der Waals surface area (Å²) in [5.41, 5.74) is -0.579. The first-order chi connectivity index (χ1) is 9.12. The van der Waals surface area contributed by atoms with E-state index in [0.717, 1.165) is 26.2 Å². The standard InChI is InChI=1S/C15H30N2O2/c1-4-16-15(3,14(18)19-5-2)13-17-11-9-7-6-8-10-12-17/h16H,4-13H2,1-3H3. The summed E-state index contributed by atoms with van der Waals surface area (Å²) < 4.78 is 5.23. The maximum Gasteiger partial charge on any atom is 0.327 e. The molecule has 0 aliphatic carbocycles. The molecule has 1 unspecified atom stereocenters. The molecule has 0 aromatic carbocycles. The van der Waals surface area contributed by atoms with Crippen LogP contribution in [0.25, 0.3) is 0 Å². The number of likely N-dealkylation sites (N-methyl/N-ethyl adjacent to an activating group) is 1. The summed E-state index contributed by atoms with van der Waals surface area (Å²) in [6, 6.07) is 0. The molecule has 0 bridgehead atoms. The first-order valence-corrected chi connectivity index (χ1v) is 7.77. The van der Waals surface area contributed by atoms with Crippen molar-refractivity contribution in [2.24, 2.45) is 0 Å². The van der Waals surface area contributed by atoms with Crippen LogP contribution in [0.3, 0.4) is 0 Å². The van der Waals surface area contributed by atoms with Crippen LogP contribution in [0, 0.1) is 0 Å². The maximum absolute atomic E-state index is 12.2. The molecule has 1 aliphatic heterocycles. The number of likely N-dealkylation sites (tertiary alicyclic amines) is 1. The largest absolute Gasteiger partial charge is 0.465 e. The van der Waals surface area contributed by atoms with Crippen LogP contribution < -0.4 is 5.32 Å².